The number of hydrogen-bond acceptors (Lipinski definition) is 2. The normalized spacial score (nSPS) is 15.1. The van der Waals surface area contributed by atoms with E-state index in [0.29, 0.717) is 26.3 Å². The molecule has 0 spiro atoms. The number of amides is 1. The molecule has 2 aromatic rings. The Kier molecular flexibility index (Phi) is 3.79. The third-order valence-corrected chi connectivity index (χ3v) is 3.48. The monoisotopic (exact) mass is 266 g/mol. The van der Waals surface area contributed by atoms with Gasteiger partial charge in [0.2, 0.25) is 0 Å². The number of carbonyl (C=O) groups is 1. The van der Waals surface area contributed by atoms with Gasteiger partial charge in [-0.1, -0.05) is 36.4 Å². The maximum atomic E-state index is 12.3. The van der Waals surface area contributed by atoms with E-state index in [1.165, 1.54) is 0 Å². The third-order valence-electron chi connectivity index (χ3n) is 3.48. The molecule has 3 rings (SSSR count). The molecule has 3 nitrogen and oxygen atoms in total. The Morgan fingerprint density at radius 3 is 2.20 bits per heavy atom. The van der Waals surface area contributed by atoms with Crippen molar-refractivity contribution in [1.82, 2.24) is 4.90 Å². The predicted octanol–water partition coefficient (Wildman–Crippen LogP) is 2.63. The number of ether oxygens (including phenoxy) is 1. The smallest absolute Gasteiger partial charge is 0.254 e. The minimum Gasteiger partial charge on any atom is -0.378 e. The molecule has 1 aliphatic heterocycles. The highest BCUT2D eigenvalue weighted by Crippen LogP contribution is 2.19. The predicted molar refractivity (Wildman–Crippen MR) is 77.4 cm³/mol. The van der Waals surface area contributed by atoms with Crippen molar-refractivity contribution in [3.05, 3.63) is 60.2 Å². The molecule has 0 N–H and O–H groups in total. The topological polar surface area (TPSA) is 29.5 Å². The minimum absolute atomic E-state index is 0.0845. The summed E-state index contributed by atoms with van der Waals surface area (Å²) in [5, 5.41) is 0. The molecule has 3 heteroatoms. The van der Waals surface area contributed by atoms with Crippen LogP contribution in [0.25, 0.3) is 11.1 Å². The van der Waals surface area contributed by atoms with Crippen LogP contribution < -0.4 is 0 Å². The first-order chi connectivity index (χ1) is 9.84. The summed E-state index contributed by atoms with van der Waals surface area (Å²) in [4.78, 5) is 14.2. The summed E-state index contributed by atoms with van der Waals surface area (Å²) in [5.74, 6) is 0.0845. The molecular weight excluding hydrogens is 250 g/mol. The van der Waals surface area contributed by atoms with Gasteiger partial charge in [0, 0.05) is 18.7 Å². The first-order valence-electron chi connectivity index (χ1n) is 6.78. The van der Waals surface area contributed by atoms with Gasteiger partial charge < -0.3 is 9.64 Å². The SMILES string of the molecule is O=C(c1ccc(-c2cc[c]cc2)cc1)N1CCOCC1. The molecule has 0 unspecified atom stereocenters. The number of rotatable bonds is 2. The molecule has 0 bridgehead atoms. The van der Waals surface area contributed by atoms with Gasteiger partial charge in [-0.25, -0.2) is 0 Å². The maximum absolute atomic E-state index is 12.3. The van der Waals surface area contributed by atoms with Crippen molar-refractivity contribution in [2.45, 2.75) is 0 Å². The summed E-state index contributed by atoms with van der Waals surface area (Å²) >= 11 is 0. The fraction of sp³-hybridized carbons (Fsp3) is 0.235. The van der Waals surface area contributed by atoms with Crippen LogP contribution in [0, 0.1) is 6.07 Å². The summed E-state index contributed by atoms with van der Waals surface area (Å²) in [7, 11) is 0. The Balaban J connectivity index is 1.77. The molecule has 0 saturated carbocycles. The largest absolute Gasteiger partial charge is 0.378 e. The lowest BCUT2D eigenvalue weighted by molar-refractivity contribution is 0.0303. The zero-order valence-corrected chi connectivity index (χ0v) is 11.2. The standard InChI is InChI=1S/C17H16NO2/c19-17(18-10-12-20-13-11-18)16-8-6-15(7-9-16)14-4-2-1-3-5-14/h2-9H,10-13H2. The van der Waals surface area contributed by atoms with Crippen molar-refractivity contribution in [2.24, 2.45) is 0 Å². The summed E-state index contributed by atoms with van der Waals surface area (Å²) in [6.07, 6.45) is 0. The molecule has 1 radical (unpaired) electrons. The molecule has 1 fully saturated rings. The van der Waals surface area contributed by atoms with Gasteiger partial charge in [-0.15, -0.1) is 0 Å². The highest BCUT2D eigenvalue weighted by atomic mass is 16.5. The van der Waals surface area contributed by atoms with Crippen LogP contribution in [0.3, 0.4) is 0 Å². The van der Waals surface area contributed by atoms with Gasteiger partial charge in [-0.2, -0.15) is 0 Å². The van der Waals surface area contributed by atoms with Crippen molar-refractivity contribution in [3.8, 4) is 11.1 Å². The number of morpholine rings is 1. The van der Waals surface area contributed by atoms with Crippen LogP contribution in [0.2, 0.25) is 0 Å². The van der Waals surface area contributed by atoms with Crippen molar-refractivity contribution in [3.63, 3.8) is 0 Å². The summed E-state index contributed by atoms with van der Waals surface area (Å²) in [6, 6.07) is 18.6. The molecule has 1 aliphatic rings. The Hall–Kier alpha value is -2.13. The van der Waals surface area contributed by atoms with E-state index in [4.69, 9.17) is 4.74 Å². The third kappa shape index (κ3) is 2.73. The van der Waals surface area contributed by atoms with Gasteiger partial charge in [0.1, 0.15) is 0 Å². The quantitative estimate of drug-likeness (QED) is 0.836. The molecule has 1 heterocycles. The number of benzene rings is 2. The first-order valence-corrected chi connectivity index (χ1v) is 6.78. The molecule has 1 saturated heterocycles. The zero-order chi connectivity index (χ0) is 13.8. The highest BCUT2D eigenvalue weighted by Gasteiger charge is 2.18. The van der Waals surface area contributed by atoms with Crippen molar-refractivity contribution in [2.75, 3.05) is 26.3 Å². The van der Waals surface area contributed by atoms with Gasteiger partial charge in [0.25, 0.3) is 5.91 Å². The van der Waals surface area contributed by atoms with Crippen LogP contribution in [0.15, 0.2) is 48.5 Å². The molecule has 0 aromatic heterocycles. The Morgan fingerprint density at radius 1 is 0.950 bits per heavy atom. The molecule has 0 atom stereocenters. The molecule has 20 heavy (non-hydrogen) atoms. The summed E-state index contributed by atoms with van der Waals surface area (Å²) in [6.45, 7) is 2.61. The molecule has 2 aromatic carbocycles. The van der Waals surface area contributed by atoms with Crippen molar-refractivity contribution in [1.29, 1.82) is 0 Å². The summed E-state index contributed by atoms with van der Waals surface area (Å²) < 4.78 is 5.27. The van der Waals surface area contributed by atoms with Gasteiger partial charge in [0.05, 0.1) is 13.2 Å². The fourth-order valence-electron chi connectivity index (χ4n) is 2.33. The van der Waals surface area contributed by atoms with E-state index < -0.39 is 0 Å². The lowest BCUT2D eigenvalue weighted by Gasteiger charge is -2.26. The molecular formula is C17H16NO2. The average Bonchev–Trinajstić information content (AvgIpc) is 2.56. The Labute approximate surface area is 118 Å². The second kappa shape index (κ2) is 5.88. The second-order valence-corrected chi connectivity index (χ2v) is 4.77. The van der Waals surface area contributed by atoms with Crippen molar-refractivity contribution < 1.29 is 9.53 Å². The lowest BCUT2D eigenvalue weighted by atomic mass is 10.0. The minimum atomic E-state index is 0.0845. The Bertz CT molecular complexity index is 572. The average molecular weight is 266 g/mol. The van der Waals surface area contributed by atoms with Crippen molar-refractivity contribution >= 4 is 5.91 Å². The van der Waals surface area contributed by atoms with E-state index in [1.54, 1.807) is 0 Å². The molecule has 1 amide bonds. The van der Waals surface area contributed by atoms with E-state index in [1.807, 2.05) is 53.4 Å². The van der Waals surface area contributed by atoms with Gasteiger partial charge in [-0.05, 0) is 29.3 Å². The molecule has 101 valence electrons. The van der Waals surface area contributed by atoms with Crippen LogP contribution in [-0.4, -0.2) is 37.1 Å². The van der Waals surface area contributed by atoms with E-state index in [0.717, 1.165) is 16.7 Å². The molecule has 0 aliphatic carbocycles. The maximum Gasteiger partial charge on any atom is 0.254 e. The Morgan fingerprint density at radius 2 is 1.55 bits per heavy atom. The van der Waals surface area contributed by atoms with E-state index in [-0.39, 0.29) is 5.91 Å². The van der Waals surface area contributed by atoms with Gasteiger partial charge in [-0.3, -0.25) is 4.79 Å². The second-order valence-electron chi connectivity index (χ2n) is 4.77. The fourth-order valence-corrected chi connectivity index (χ4v) is 2.33. The zero-order valence-electron chi connectivity index (χ0n) is 11.2. The summed E-state index contributed by atoms with van der Waals surface area (Å²) in [5.41, 5.74) is 2.98. The van der Waals surface area contributed by atoms with Crippen LogP contribution in [-0.2, 0) is 4.74 Å². The van der Waals surface area contributed by atoms with Gasteiger partial charge in [0.15, 0.2) is 0 Å². The van der Waals surface area contributed by atoms with Crippen LogP contribution in [0.4, 0.5) is 0 Å². The number of hydrogen-bond donors (Lipinski definition) is 0. The highest BCUT2D eigenvalue weighted by molar-refractivity contribution is 5.94. The number of nitrogens with zero attached hydrogens (tertiary/aromatic N) is 1. The van der Waals surface area contributed by atoms with Crippen LogP contribution in [0.1, 0.15) is 10.4 Å². The van der Waals surface area contributed by atoms with Crippen LogP contribution >= 0.6 is 0 Å². The first kappa shape index (κ1) is 12.9. The van der Waals surface area contributed by atoms with E-state index in [9.17, 15) is 4.79 Å². The van der Waals surface area contributed by atoms with Crippen LogP contribution in [0.5, 0.6) is 0 Å². The van der Waals surface area contributed by atoms with E-state index in [2.05, 4.69) is 6.07 Å². The lowest BCUT2D eigenvalue weighted by Crippen LogP contribution is -2.40. The van der Waals surface area contributed by atoms with Gasteiger partial charge >= 0.3 is 0 Å². The van der Waals surface area contributed by atoms with E-state index >= 15 is 0 Å². The number of carbonyl (C=O) groups excluding carboxylic acids is 1.